The van der Waals surface area contributed by atoms with E-state index in [0.29, 0.717) is 31.9 Å². The summed E-state index contributed by atoms with van der Waals surface area (Å²) in [4.78, 5) is 17.6. The van der Waals surface area contributed by atoms with Crippen LogP contribution >= 0.6 is 0 Å². The van der Waals surface area contributed by atoms with Gasteiger partial charge < -0.3 is 23.8 Å². The summed E-state index contributed by atoms with van der Waals surface area (Å²) < 4.78 is 22.6. The molecule has 1 saturated heterocycles. The van der Waals surface area contributed by atoms with Gasteiger partial charge in [-0.2, -0.15) is 0 Å². The third-order valence-electron chi connectivity index (χ3n) is 6.25. The molecule has 0 bridgehead atoms. The third kappa shape index (κ3) is 5.52. The number of piperazine rings is 1. The van der Waals surface area contributed by atoms with Crippen LogP contribution in [-0.2, 0) is 13.2 Å². The summed E-state index contributed by atoms with van der Waals surface area (Å²) in [6, 6.07) is 21.3. The van der Waals surface area contributed by atoms with Crippen LogP contribution in [0.2, 0.25) is 0 Å². The van der Waals surface area contributed by atoms with Crippen LogP contribution < -0.4 is 18.9 Å². The van der Waals surface area contributed by atoms with E-state index >= 15 is 0 Å². The van der Waals surface area contributed by atoms with E-state index in [0.717, 1.165) is 48.2 Å². The molecule has 3 aromatic carbocycles. The average Bonchev–Trinajstić information content (AvgIpc) is 3.37. The monoisotopic (exact) mass is 474 g/mol. The van der Waals surface area contributed by atoms with Gasteiger partial charge in [0.25, 0.3) is 5.91 Å². The van der Waals surface area contributed by atoms with Gasteiger partial charge >= 0.3 is 0 Å². The highest BCUT2D eigenvalue weighted by molar-refractivity contribution is 5.94. The van der Waals surface area contributed by atoms with Crippen LogP contribution in [0.5, 0.6) is 23.0 Å². The number of carbonyl (C=O) groups excluding carboxylic acids is 1. The minimum Gasteiger partial charge on any atom is -0.493 e. The number of rotatable bonds is 8. The highest BCUT2D eigenvalue weighted by Crippen LogP contribution is 2.33. The van der Waals surface area contributed by atoms with E-state index < -0.39 is 0 Å². The molecule has 2 heterocycles. The van der Waals surface area contributed by atoms with Crippen LogP contribution in [0, 0.1) is 0 Å². The molecule has 0 atom stereocenters. The Hall–Kier alpha value is -3.71. The minimum atomic E-state index is 0.0386. The topological polar surface area (TPSA) is 60.5 Å². The van der Waals surface area contributed by atoms with Crippen LogP contribution in [0.4, 0.5) is 0 Å². The molecule has 2 aliphatic rings. The molecule has 182 valence electrons. The Kier molecular flexibility index (Phi) is 7.04. The Balaban J connectivity index is 1.20. The van der Waals surface area contributed by atoms with E-state index in [-0.39, 0.29) is 12.7 Å². The lowest BCUT2D eigenvalue weighted by Crippen LogP contribution is -2.48. The van der Waals surface area contributed by atoms with Crippen molar-refractivity contribution >= 4 is 5.91 Å². The molecule has 7 nitrogen and oxygen atoms in total. The second-order valence-electron chi connectivity index (χ2n) is 8.61. The van der Waals surface area contributed by atoms with Crippen molar-refractivity contribution in [1.82, 2.24) is 9.80 Å². The average molecular weight is 475 g/mol. The van der Waals surface area contributed by atoms with Crippen molar-refractivity contribution in [2.75, 3.05) is 39.6 Å². The molecule has 0 spiro atoms. The molecule has 0 radical (unpaired) electrons. The van der Waals surface area contributed by atoms with Gasteiger partial charge in [-0.1, -0.05) is 24.3 Å². The Bertz CT molecular complexity index is 1160. The number of para-hydroxylation sites is 1. The standard InChI is InChI=1S/C28H30N2O5/c1-2-32-25-11-9-22(17-23(25)19-33-24-6-4-3-5-7-24)28(31)30-14-12-29(13-15-30)18-21-8-10-26-27(16-21)35-20-34-26/h3-11,16-17H,2,12-15,18-20H2,1H3. The first-order chi connectivity index (χ1) is 17.2. The smallest absolute Gasteiger partial charge is 0.253 e. The zero-order valence-electron chi connectivity index (χ0n) is 19.9. The molecule has 0 N–H and O–H groups in total. The van der Waals surface area contributed by atoms with E-state index in [1.54, 1.807) is 0 Å². The molecule has 1 fully saturated rings. The SMILES string of the molecule is CCOc1ccc(C(=O)N2CCN(Cc3ccc4c(c3)OCO4)CC2)cc1COc1ccccc1. The summed E-state index contributed by atoms with van der Waals surface area (Å²) in [6.07, 6.45) is 0. The third-order valence-corrected chi connectivity index (χ3v) is 6.25. The summed E-state index contributed by atoms with van der Waals surface area (Å²) in [7, 11) is 0. The predicted molar refractivity (Wildman–Crippen MR) is 132 cm³/mol. The Labute approximate surface area is 205 Å². The normalized spacial score (nSPS) is 15.2. The maximum absolute atomic E-state index is 13.3. The van der Waals surface area contributed by atoms with Crippen LogP contribution in [0.25, 0.3) is 0 Å². The van der Waals surface area contributed by atoms with Crippen molar-refractivity contribution in [2.45, 2.75) is 20.1 Å². The maximum atomic E-state index is 13.3. The van der Waals surface area contributed by atoms with E-state index in [4.69, 9.17) is 18.9 Å². The number of benzene rings is 3. The Morgan fingerprint density at radius 3 is 2.49 bits per heavy atom. The minimum absolute atomic E-state index is 0.0386. The molecule has 0 aromatic heterocycles. The quantitative estimate of drug-likeness (QED) is 0.484. The second kappa shape index (κ2) is 10.7. The van der Waals surface area contributed by atoms with Gasteiger partial charge in [-0.15, -0.1) is 0 Å². The molecule has 0 aliphatic carbocycles. The number of hydrogen-bond donors (Lipinski definition) is 0. The predicted octanol–water partition coefficient (Wildman–Crippen LogP) is 4.35. The van der Waals surface area contributed by atoms with Gasteiger partial charge in [0, 0.05) is 43.9 Å². The lowest BCUT2D eigenvalue weighted by molar-refractivity contribution is 0.0628. The van der Waals surface area contributed by atoms with Crippen molar-refractivity contribution in [3.8, 4) is 23.0 Å². The largest absolute Gasteiger partial charge is 0.493 e. The fourth-order valence-corrected chi connectivity index (χ4v) is 4.39. The molecule has 0 unspecified atom stereocenters. The molecule has 5 rings (SSSR count). The van der Waals surface area contributed by atoms with E-state index in [1.807, 2.05) is 72.5 Å². The summed E-state index contributed by atoms with van der Waals surface area (Å²) in [5.74, 6) is 3.17. The van der Waals surface area contributed by atoms with Crippen LogP contribution in [0.3, 0.4) is 0 Å². The van der Waals surface area contributed by atoms with Crippen LogP contribution in [0.15, 0.2) is 66.7 Å². The lowest BCUT2D eigenvalue weighted by Gasteiger charge is -2.35. The summed E-state index contributed by atoms with van der Waals surface area (Å²) in [5, 5.41) is 0. The molecule has 0 saturated carbocycles. The first-order valence-corrected chi connectivity index (χ1v) is 12.0. The second-order valence-corrected chi connectivity index (χ2v) is 8.61. The first kappa shape index (κ1) is 23.1. The number of nitrogens with zero attached hydrogens (tertiary/aromatic N) is 2. The highest BCUT2D eigenvalue weighted by Gasteiger charge is 2.24. The molecule has 7 heteroatoms. The summed E-state index contributed by atoms with van der Waals surface area (Å²) in [6.45, 7) is 6.96. The number of hydrogen-bond acceptors (Lipinski definition) is 6. The van der Waals surface area contributed by atoms with Gasteiger partial charge in [0.15, 0.2) is 11.5 Å². The fourth-order valence-electron chi connectivity index (χ4n) is 4.39. The van der Waals surface area contributed by atoms with Gasteiger partial charge in [0.2, 0.25) is 6.79 Å². The molecular formula is C28H30N2O5. The van der Waals surface area contributed by atoms with E-state index in [1.165, 1.54) is 5.56 Å². The van der Waals surface area contributed by atoms with Crippen molar-refractivity contribution in [1.29, 1.82) is 0 Å². The highest BCUT2D eigenvalue weighted by atomic mass is 16.7. The number of fused-ring (bicyclic) bond motifs is 1. The molecule has 1 amide bonds. The van der Waals surface area contributed by atoms with Gasteiger partial charge in [-0.3, -0.25) is 9.69 Å². The van der Waals surface area contributed by atoms with Crippen molar-refractivity contribution in [2.24, 2.45) is 0 Å². The van der Waals surface area contributed by atoms with E-state index in [9.17, 15) is 4.79 Å². The molecular weight excluding hydrogens is 444 g/mol. The molecule has 2 aliphatic heterocycles. The van der Waals surface area contributed by atoms with E-state index in [2.05, 4.69) is 11.0 Å². The number of amides is 1. The summed E-state index contributed by atoms with van der Waals surface area (Å²) in [5.41, 5.74) is 2.70. The zero-order chi connectivity index (χ0) is 24.0. The van der Waals surface area contributed by atoms with Gasteiger partial charge in [0.1, 0.15) is 18.1 Å². The van der Waals surface area contributed by atoms with Crippen LogP contribution in [0.1, 0.15) is 28.4 Å². The zero-order valence-corrected chi connectivity index (χ0v) is 19.9. The van der Waals surface area contributed by atoms with Crippen molar-refractivity contribution in [3.63, 3.8) is 0 Å². The number of ether oxygens (including phenoxy) is 4. The maximum Gasteiger partial charge on any atom is 0.253 e. The molecule has 35 heavy (non-hydrogen) atoms. The van der Waals surface area contributed by atoms with Crippen molar-refractivity contribution in [3.05, 3.63) is 83.4 Å². The fraction of sp³-hybridized carbons (Fsp3) is 0.321. The van der Waals surface area contributed by atoms with Crippen molar-refractivity contribution < 1.29 is 23.7 Å². The molecule has 3 aromatic rings. The van der Waals surface area contributed by atoms with Gasteiger partial charge in [-0.05, 0) is 55.0 Å². The first-order valence-electron chi connectivity index (χ1n) is 12.0. The number of carbonyl (C=O) groups is 1. The Morgan fingerprint density at radius 1 is 0.886 bits per heavy atom. The van der Waals surface area contributed by atoms with Gasteiger partial charge in [0.05, 0.1) is 6.61 Å². The summed E-state index contributed by atoms with van der Waals surface area (Å²) >= 11 is 0. The van der Waals surface area contributed by atoms with Gasteiger partial charge in [-0.25, -0.2) is 0 Å². The lowest BCUT2D eigenvalue weighted by atomic mass is 10.1. The van der Waals surface area contributed by atoms with Crippen LogP contribution in [-0.4, -0.2) is 55.3 Å². The Morgan fingerprint density at radius 2 is 1.69 bits per heavy atom.